The molecule has 1 amide bonds. The molecule has 2 aromatic carbocycles. The van der Waals surface area contributed by atoms with E-state index < -0.39 is 17.7 Å². The number of amides is 1. The molecule has 0 spiro atoms. The third-order valence-electron chi connectivity index (χ3n) is 4.89. The van der Waals surface area contributed by atoms with Crippen LogP contribution in [-0.2, 0) is 4.79 Å². The van der Waals surface area contributed by atoms with Gasteiger partial charge in [0.2, 0.25) is 5.91 Å². The molecule has 2 heterocycles. The van der Waals surface area contributed by atoms with Gasteiger partial charge in [0, 0.05) is 12.1 Å². The lowest BCUT2D eigenvalue weighted by atomic mass is 10.0. The van der Waals surface area contributed by atoms with E-state index in [-0.39, 0.29) is 24.5 Å². The van der Waals surface area contributed by atoms with Gasteiger partial charge in [0.05, 0.1) is 23.9 Å². The minimum absolute atomic E-state index is 0.107. The van der Waals surface area contributed by atoms with Gasteiger partial charge in [0.1, 0.15) is 18.8 Å². The van der Waals surface area contributed by atoms with Crippen LogP contribution in [0.1, 0.15) is 19.9 Å². The summed E-state index contributed by atoms with van der Waals surface area (Å²) in [6.07, 6.45) is 1.11. The van der Waals surface area contributed by atoms with Crippen molar-refractivity contribution < 1.29 is 23.0 Å². The van der Waals surface area contributed by atoms with Crippen LogP contribution in [0.5, 0.6) is 11.5 Å². The second kappa shape index (κ2) is 7.69. The van der Waals surface area contributed by atoms with Gasteiger partial charge in [-0.2, -0.15) is 0 Å². The summed E-state index contributed by atoms with van der Waals surface area (Å²) in [5.41, 5.74) is 0.659. The van der Waals surface area contributed by atoms with Gasteiger partial charge in [-0.25, -0.2) is 13.8 Å². The van der Waals surface area contributed by atoms with Crippen molar-refractivity contribution in [3.8, 4) is 11.5 Å². The van der Waals surface area contributed by atoms with Crippen LogP contribution in [0.3, 0.4) is 0 Å². The number of aromatic nitrogens is 2. The molecule has 2 atom stereocenters. The Morgan fingerprint density at radius 3 is 2.72 bits per heavy atom. The fraction of sp³-hybridized carbons (Fsp3) is 0.333. The number of carbonyl (C=O) groups is 1. The molecular weight excluding hydrogens is 380 g/mol. The van der Waals surface area contributed by atoms with Crippen LogP contribution in [0, 0.1) is 17.6 Å². The minimum atomic E-state index is -0.978. The number of halogens is 2. The van der Waals surface area contributed by atoms with Crippen LogP contribution in [0.4, 0.5) is 8.78 Å². The number of rotatable bonds is 5. The Labute approximate surface area is 166 Å². The lowest BCUT2D eigenvalue weighted by molar-refractivity contribution is -0.126. The Hall–Kier alpha value is -3.16. The van der Waals surface area contributed by atoms with E-state index in [2.05, 4.69) is 10.3 Å². The Bertz CT molecular complexity index is 1050. The summed E-state index contributed by atoms with van der Waals surface area (Å²) in [6.45, 7) is 4.34. The molecule has 1 aliphatic heterocycles. The van der Waals surface area contributed by atoms with Gasteiger partial charge in [-0.15, -0.1) is 0 Å². The van der Waals surface area contributed by atoms with E-state index in [4.69, 9.17) is 9.47 Å². The summed E-state index contributed by atoms with van der Waals surface area (Å²) in [7, 11) is 0. The van der Waals surface area contributed by atoms with Crippen molar-refractivity contribution in [2.45, 2.75) is 26.0 Å². The van der Waals surface area contributed by atoms with E-state index in [0.717, 1.165) is 12.1 Å². The second-order valence-corrected chi connectivity index (χ2v) is 7.34. The SMILES string of the molecule is CC(C)[C@@H](C(=O)NC[C@@H]1COc2ccccc2O1)n1cnc2cc(F)c(F)cc21. The molecule has 8 heteroatoms. The Kier molecular flexibility index (Phi) is 5.08. The van der Waals surface area contributed by atoms with Crippen molar-refractivity contribution in [3.63, 3.8) is 0 Å². The summed E-state index contributed by atoms with van der Waals surface area (Å²) in [4.78, 5) is 17.1. The zero-order valence-corrected chi connectivity index (χ0v) is 16.1. The third-order valence-corrected chi connectivity index (χ3v) is 4.89. The number of fused-ring (bicyclic) bond motifs is 2. The topological polar surface area (TPSA) is 65.4 Å². The van der Waals surface area contributed by atoms with Crippen LogP contribution in [-0.4, -0.2) is 34.7 Å². The largest absolute Gasteiger partial charge is 0.486 e. The molecule has 0 fully saturated rings. The highest BCUT2D eigenvalue weighted by atomic mass is 19.2. The van der Waals surface area contributed by atoms with E-state index in [9.17, 15) is 13.6 Å². The second-order valence-electron chi connectivity index (χ2n) is 7.34. The number of ether oxygens (including phenoxy) is 2. The maximum atomic E-state index is 13.7. The van der Waals surface area contributed by atoms with Crippen LogP contribution in [0.25, 0.3) is 11.0 Å². The highest BCUT2D eigenvalue weighted by Gasteiger charge is 2.28. The molecule has 0 saturated heterocycles. The summed E-state index contributed by atoms with van der Waals surface area (Å²) in [6, 6.07) is 8.81. The molecule has 152 valence electrons. The van der Waals surface area contributed by atoms with Gasteiger partial charge >= 0.3 is 0 Å². The monoisotopic (exact) mass is 401 g/mol. The predicted molar refractivity (Wildman–Crippen MR) is 103 cm³/mol. The van der Waals surface area contributed by atoms with Crippen LogP contribution >= 0.6 is 0 Å². The molecule has 0 radical (unpaired) electrons. The van der Waals surface area contributed by atoms with Gasteiger partial charge in [0.25, 0.3) is 0 Å². The first-order valence-electron chi connectivity index (χ1n) is 9.42. The predicted octanol–water partition coefficient (Wildman–Crippen LogP) is 3.47. The molecule has 1 aliphatic rings. The molecular formula is C21H21F2N3O3. The Morgan fingerprint density at radius 2 is 1.97 bits per heavy atom. The molecule has 1 aromatic heterocycles. The van der Waals surface area contributed by atoms with Crippen molar-refractivity contribution in [3.05, 3.63) is 54.4 Å². The number of hydrogen-bond acceptors (Lipinski definition) is 4. The van der Waals surface area contributed by atoms with Crippen molar-refractivity contribution in [1.29, 1.82) is 0 Å². The highest BCUT2D eigenvalue weighted by Crippen LogP contribution is 2.31. The molecule has 4 rings (SSSR count). The van der Waals surface area contributed by atoms with Gasteiger partial charge in [-0.3, -0.25) is 4.79 Å². The molecule has 0 saturated carbocycles. The van der Waals surface area contributed by atoms with Crippen molar-refractivity contribution in [2.24, 2.45) is 5.92 Å². The van der Waals surface area contributed by atoms with Gasteiger partial charge < -0.3 is 19.4 Å². The Morgan fingerprint density at radius 1 is 1.24 bits per heavy atom. The minimum Gasteiger partial charge on any atom is -0.486 e. The fourth-order valence-corrected chi connectivity index (χ4v) is 3.48. The molecule has 0 unspecified atom stereocenters. The van der Waals surface area contributed by atoms with Gasteiger partial charge in [-0.1, -0.05) is 26.0 Å². The molecule has 6 nitrogen and oxygen atoms in total. The van der Waals surface area contributed by atoms with E-state index in [1.165, 1.54) is 6.33 Å². The van der Waals surface area contributed by atoms with Crippen LogP contribution in [0.2, 0.25) is 0 Å². The molecule has 0 aliphatic carbocycles. The summed E-state index contributed by atoms with van der Waals surface area (Å²) < 4.78 is 40.3. The number of carbonyl (C=O) groups excluding carboxylic acids is 1. The van der Waals surface area contributed by atoms with Gasteiger partial charge in [-0.05, 0) is 18.1 Å². The third kappa shape index (κ3) is 3.74. The van der Waals surface area contributed by atoms with Gasteiger partial charge in [0.15, 0.2) is 23.1 Å². The van der Waals surface area contributed by atoms with Crippen molar-refractivity contribution >= 4 is 16.9 Å². The number of nitrogens with zero attached hydrogens (tertiary/aromatic N) is 2. The normalized spacial score (nSPS) is 16.8. The first-order valence-corrected chi connectivity index (χ1v) is 9.42. The fourth-order valence-electron chi connectivity index (χ4n) is 3.48. The number of hydrogen-bond donors (Lipinski definition) is 1. The van der Waals surface area contributed by atoms with E-state index in [1.54, 1.807) is 4.57 Å². The Balaban J connectivity index is 1.50. The summed E-state index contributed by atoms with van der Waals surface area (Å²) in [5.74, 6) is -1.00. The summed E-state index contributed by atoms with van der Waals surface area (Å²) >= 11 is 0. The smallest absolute Gasteiger partial charge is 0.243 e. The summed E-state index contributed by atoms with van der Waals surface area (Å²) in [5, 5.41) is 2.88. The molecule has 0 bridgehead atoms. The standard InChI is InChI=1S/C21H21F2N3O3/c1-12(2)20(26-11-25-16-7-14(22)15(23)8-17(16)26)21(27)24-9-13-10-28-18-5-3-4-6-19(18)29-13/h3-8,11-13,20H,9-10H2,1-2H3,(H,24,27)/t13-,20+/m1/s1. The van der Waals surface area contributed by atoms with Crippen LogP contribution < -0.4 is 14.8 Å². The maximum absolute atomic E-state index is 13.7. The first-order chi connectivity index (χ1) is 13.9. The van der Waals surface area contributed by atoms with E-state index in [1.807, 2.05) is 38.1 Å². The maximum Gasteiger partial charge on any atom is 0.243 e. The molecule has 1 N–H and O–H groups in total. The van der Waals surface area contributed by atoms with E-state index >= 15 is 0 Å². The average molecular weight is 401 g/mol. The molecule has 29 heavy (non-hydrogen) atoms. The van der Waals surface area contributed by atoms with Crippen molar-refractivity contribution in [2.75, 3.05) is 13.2 Å². The number of para-hydroxylation sites is 2. The van der Waals surface area contributed by atoms with E-state index in [0.29, 0.717) is 29.1 Å². The average Bonchev–Trinajstić information content (AvgIpc) is 3.08. The number of benzene rings is 2. The number of nitrogens with one attached hydrogen (secondary N) is 1. The van der Waals surface area contributed by atoms with Crippen molar-refractivity contribution in [1.82, 2.24) is 14.9 Å². The first kappa shape index (κ1) is 19.2. The lowest BCUT2D eigenvalue weighted by Gasteiger charge is -2.28. The quantitative estimate of drug-likeness (QED) is 0.711. The number of imidazole rings is 1. The highest BCUT2D eigenvalue weighted by molar-refractivity contribution is 5.84. The lowest BCUT2D eigenvalue weighted by Crippen LogP contribution is -2.44. The zero-order valence-electron chi connectivity index (χ0n) is 16.1. The zero-order chi connectivity index (χ0) is 20.5. The van der Waals surface area contributed by atoms with Crippen LogP contribution in [0.15, 0.2) is 42.7 Å². The molecule has 3 aromatic rings.